The van der Waals surface area contributed by atoms with Gasteiger partial charge in [-0.25, -0.2) is 14.6 Å². The van der Waals surface area contributed by atoms with Crippen LogP contribution in [0.3, 0.4) is 0 Å². The smallest absolute Gasteiger partial charge is 0.244 e. The molecule has 2 aromatic heterocycles. The topological polar surface area (TPSA) is 75.9 Å². The first kappa shape index (κ1) is 20.4. The van der Waals surface area contributed by atoms with Gasteiger partial charge < -0.3 is 10.2 Å². The van der Waals surface area contributed by atoms with Gasteiger partial charge in [-0.15, -0.1) is 0 Å². The Bertz CT molecular complexity index is 1030. The minimum absolute atomic E-state index is 0.122. The number of fused-ring (bicyclic) bond motifs is 1. The largest absolute Gasteiger partial charge is 0.356 e. The van der Waals surface area contributed by atoms with Crippen molar-refractivity contribution in [3.05, 3.63) is 48.2 Å². The molecular weight excluding hydrogens is 396 g/mol. The van der Waals surface area contributed by atoms with Crippen LogP contribution in [0, 0.1) is 0 Å². The zero-order valence-electron chi connectivity index (χ0n) is 17.1. The summed E-state index contributed by atoms with van der Waals surface area (Å²) in [5.41, 5.74) is 1.82. The van der Waals surface area contributed by atoms with E-state index in [1.54, 1.807) is 6.08 Å². The second-order valence-electron chi connectivity index (χ2n) is 7.22. The molecule has 1 aliphatic rings. The number of rotatable bonds is 7. The highest BCUT2D eigenvalue weighted by Gasteiger charge is 2.19. The first-order valence-corrected chi connectivity index (χ1v) is 11.5. The molecule has 1 saturated heterocycles. The van der Waals surface area contributed by atoms with Crippen molar-refractivity contribution in [2.24, 2.45) is 0 Å². The van der Waals surface area contributed by atoms with Crippen LogP contribution in [0.15, 0.2) is 47.8 Å². The molecule has 1 aliphatic heterocycles. The van der Waals surface area contributed by atoms with E-state index in [0.29, 0.717) is 13.1 Å². The molecule has 30 heavy (non-hydrogen) atoms. The summed E-state index contributed by atoms with van der Waals surface area (Å²) in [5, 5.41) is 9.17. The van der Waals surface area contributed by atoms with Crippen molar-refractivity contribution < 1.29 is 4.79 Å². The summed E-state index contributed by atoms with van der Waals surface area (Å²) in [6.07, 6.45) is 10.9. The fraction of sp³-hybridized carbons (Fsp3) is 0.364. The van der Waals surface area contributed by atoms with E-state index in [2.05, 4.69) is 20.3 Å². The summed E-state index contributed by atoms with van der Waals surface area (Å²) in [4.78, 5) is 23.9. The lowest BCUT2D eigenvalue weighted by Crippen LogP contribution is -2.30. The first-order chi connectivity index (χ1) is 14.7. The Labute approximate surface area is 180 Å². The molecule has 0 aliphatic carbocycles. The maximum atomic E-state index is 12.1. The SMILES string of the molecule is CSc1nc(N2CCCCC2)c2cnn(CCNC(=O)/C=C\c3ccccc3)c2n1. The number of anilines is 1. The molecule has 0 saturated carbocycles. The van der Waals surface area contributed by atoms with Crippen LogP contribution in [0.4, 0.5) is 5.82 Å². The van der Waals surface area contributed by atoms with Crippen molar-refractivity contribution >= 4 is 40.6 Å². The van der Waals surface area contributed by atoms with Crippen molar-refractivity contribution in [3.8, 4) is 0 Å². The highest BCUT2D eigenvalue weighted by molar-refractivity contribution is 7.98. The van der Waals surface area contributed by atoms with Crippen molar-refractivity contribution in [3.63, 3.8) is 0 Å². The molecule has 0 spiro atoms. The van der Waals surface area contributed by atoms with E-state index in [-0.39, 0.29) is 5.91 Å². The van der Waals surface area contributed by atoms with Crippen LogP contribution in [0.25, 0.3) is 17.1 Å². The molecule has 7 nitrogen and oxygen atoms in total. The fourth-order valence-corrected chi connectivity index (χ4v) is 3.96. The molecule has 0 radical (unpaired) electrons. The van der Waals surface area contributed by atoms with Crippen LogP contribution in [-0.4, -0.2) is 51.5 Å². The average Bonchev–Trinajstić information content (AvgIpc) is 3.21. The van der Waals surface area contributed by atoms with E-state index < -0.39 is 0 Å². The zero-order chi connectivity index (χ0) is 20.8. The number of hydrogen-bond acceptors (Lipinski definition) is 6. The Morgan fingerprint density at radius 3 is 2.73 bits per heavy atom. The molecule has 156 valence electrons. The van der Waals surface area contributed by atoms with Crippen LogP contribution in [-0.2, 0) is 11.3 Å². The number of benzene rings is 1. The Balaban J connectivity index is 1.44. The Hall–Kier alpha value is -2.87. The number of carbonyl (C=O) groups is 1. The molecule has 1 aromatic carbocycles. The molecule has 3 heterocycles. The third-order valence-electron chi connectivity index (χ3n) is 5.14. The van der Waals surface area contributed by atoms with E-state index in [1.165, 1.54) is 31.0 Å². The van der Waals surface area contributed by atoms with Gasteiger partial charge in [0.2, 0.25) is 5.91 Å². The van der Waals surface area contributed by atoms with Gasteiger partial charge in [0, 0.05) is 25.7 Å². The Kier molecular flexibility index (Phi) is 6.63. The Morgan fingerprint density at radius 2 is 1.97 bits per heavy atom. The molecule has 0 atom stereocenters. The van der Waals surface area contributed by atoms with Gasteiger partial charge in [0.15, 0.2) is 10.8 Å². The third-order valence-corrected chi connectivity index (χ3v) is 5.69. The lowest BCUT2D eigenvalue weighted by Gasteiger charge is -2.28. The number of hydrogen-bond donors (Lipinski definition) is 1. The summed E-state index contributed by atoms with van der Waals surface area (Å²) in [6.45, 7) is 3.08. The van der Waals surface area contributed by atoms with Gasteiger partial charge in [-0.05, 0) is 37.2 Å². The van der Waals surface area contributed by atoms with Crippen LogP contribution >= 0.6 is 11.8 Å². The minimum Gasteiger partial charge on any atom is -0.356 e. The predicted octanol–water partition coefficient (Wildman–Crippen LogP) is 3.37. The molecule has 4 rings (SSSR count). The van der Waals surface area contributed by atoms with Crippen molar-refractivity contribution in [1.29, 1.82) is 0 Å². The molecular formula is C22H26N6OS. The highest BCUT2D eigenvalue weighted by Crippen LogP contribution is 2.28. The number of piperidine rings is 1. The van der Waals surface area contributed by atoms with Gasteiger partial charge >= 0.3 is 0 Å². The Morgan fingerprint density at radius 1 is 1.17 bits per heavy atom. The number of nitrogens with one attached hydrogen (secondary N) is 1. The lowest BCUT2D eigenvalue weighted by molar-refractivity contribution is -0.116. The van der Waals surface area contributed by atoms with Crippen LogP contribution in [0.5, 0.6) is 0 Å². The molecule has 1 fully saturated rings. The highest BCUT2D eigenvalue weighted by atomic mass is 32.2. The number of carbonyl (C=O) groups excluding carboxylic acids is 1. The number of nitrogens with zero attached hydrogens (tertiary/aromatic N) is 5. The summed E-state index contributed by atoms with van der Waals surface area (Å²) < 4.78 is 1.85. The van der Waals surface area contributed by atoms with E-state index >= 15 is 0 Å². The van der Waals surface area contributed by atoms with Crippen molar-refractivity contribution in [2.75, 3.05) is 30.8 Å². The lowest BCUT2D eigenvalue weighted by atomic mass is 10.1. The van der Waals surface area contributed by atoms with Crippen molar-refractivity contribution in [2.45, 2.75) is 31.0 Å². The van der Waals surface area contributed by atoms with Crippen LogP contribution in [0.1, 0.15) is 24.8 Å². The van der Waals surface area contributed by atoms with Crippen LogP contribution in [0.2, 0.25) is 0 Å². The fourth-order valence-electron chi connectivity index (χ4n) is 3.60. The third kappa shape index (κ3) is 4.81. The summed E-state index contributed by atoms with van der Waals surface area (Å²) in [7, 11) is 0. The molecule has 1 N–H and O–H groups in total. The van der Waals surface area contributed by atoms with E-state index in [0.717, 1.165) is 40.7 Å². The quantitative estimate of drug-likeness (QED) is 0.357. The number of amides is 1. The number of aromatic nitrogens is 4. The van der Waals surface area contributed by atoms with E-state index in [1.807, 2.05) is 53.5 Å². The second-order valence-corrected chi connectivity index (χ2v) is 8.00. The maximum Gasteiger partial charge on any atom is 0.244 e. The maximum absolute atomic E-state index is 12.1. The van der Waals surface area contributed by atoms with E-state index in [4.69, 9.17) is 4.98 Å². The van der Waals surface area contributed by atoms with E-state index in [9.17, 15) is 4.79 Å². The van der Waals surface area contributed by atoms with Gasteiger partial charge in [0.05, 0.1) is 18.1 Å². The summed E-state index contributed by atoms with van der Waals surface area (Å²) >= 11 is 1.54. The monoisotopic (exact) mass is 422 g/mol. The normalized spacial score (nSPS) is 14.5. The summed E-state index contributed by atoms with van der Waals surface area (Å²) in [6, 6.07) is 9.77. The van der Waals surface area contributed by atoms with Crippen LogP contribution < -0.4 is 10.2 Å². The molecule has 1 amide bonds. The minimum atomic E-state index is -0.122. The molecule has 3 aromatic rings. The first-order valence-electron chi connectivity index (χ1n) is 10.3. The molecule has 0 unspecified atom stereocenters. The molecule has 8 heteroatoms. The zero-order valence-corrected chi connectivity index (χ0v) is 17.9. The van der Waals surface area contributed by atoms with Gasteiger partial charge in [-0.3, -0.25) is 4.79 Å². The average molecular weight is 423 g/mol. The number of thioether (sulfide) groups is 1. The standard InChI is InChI=1S/C22H26N6OS/c1-30-22-25-20(27-13-6-3-7-14-27)18-16-24-28(21(18)26-22)15-12-23-19(29)11-10-17-8-4-2-5-9-17/h2,4-5,8-11,16H,3,6-7,12-15H2,1H3,(H,23,29)/b11-10-. The van der Waals surface area contributed by atoms with Gasteiger partial charge in [0.1, 0.15) is 5.82 Å². The second kappa shape index (κ2) is 9.75. The molecule has 0 bridgehead atoms. The summed E-state index contributed by atoms with van der Waals surface area (Å²) in [5.74, 6) is 0.855. The van der Waals surface area contributed by atoms with Gasteiger partial charge in [-0.1, -0.05) is 42.1 Å². The van der Waals surface area contributed by atoms with Gasteiger partial charge in [-0.2, -0.15) is 5.10 Å². The van der Waals surface area contributed by atoms with Gasteiger partial charge in [0.25, 0.3) is 0 Å². The predicted molar refractivity (Wildman–Crippen MR) is 122 cm³/mol. The van der Waals surface area contributed by atoms with Crippen molar-refractivity contribution in [1.82, 2.24) is 25.1 Å².